The first kappa shape index (κ1) is 34.2. The first-order valence-corrected chi connectivity index (χ1v) is 17.1. The van der Waals surface area contributed by atoms with Gasteiger partial charge in [0, 0.05) is 18.3 Å². The lowest BCUT2D eigenvalue weighted by Crippen LogP contribution is -2.68. The van der Waals surface area contributed by atoms with Gasteiger partial charge in [0.2, 0.25) is 0 Å². The Labute approximate surface area is 266 Å². The Morgan fingerprint density at radius 1 is 0.933 bits per heavy atom. The van der Waals surface area contributed by atoms with Crippen molar-refractivity contribution in [1.82, 2.24) is 0 Å². The van der Waals surface area contributed by atoms with Crippen LogP contribution in [0.2, 0.25) is 0 Å². The Balaban J connectivity index is 1.21. The summed E-state index contributed by atoms with van der Waals surface area (Å²) < 4.78 is 17.9. The van der Waals surface area contributed by atoms with Crippen molar-refractivity contribution in [3.05, 3.63) is 11.6 Å². The van der Waals surface area contributed by atoms with Gasteiger partial charge in [-0.15, -0.1) is 0 Å². The number of hydrogen-bond acceptors (Lipinski definition) is 11. The predicted octanol–water partition coefficient (Wildman–Crippen LogP) is 0.967. The number of rotatable bonds is 5. The van der Waals surface area contributed by atoms with Crippen LogP contribution in [0, 0.1) is 40.4 Å². The third-order valence-electron chi connectivity index (χ3n) is 14.0. The summed E-state index contributed by atoms with van der Waals surface area (Å²) in [4.78, 5) is 0. The third-order valence-corrected chi connectivity index (χ3v) is 14.0. The molecular formula is C34H56O11. The standard InChI is InChI=1S/C34H56O11/c1-16(23-14-32(3,41)34(5,42)30(44-23)45-29-28(40)27(39)26(38)24(15-35)43-29)20-8-9-21-19-7-6-17-12-18(36)13-25(37)33(17,4)22(19)10-11-31(20,21)2/h6,16,18-30,35-42H,7-15H2,1-5H3/t16-,18+,19-,20+,21-,22-,23+,24+,25-,26+,27-,28+,29-,30-,31-,32+,33-,34+/m0/s1. The van der Waals surface area contributed by atoms with Crippen molar-refractivity contribution in [2.24, 2.45) is 40.4 Å². The van der Waals surface area contributed by atoms with Crippen LogP contribution in [0.1, 0.15) is 86.0 Å². The topological polar surface area (TPSA) is 190 Å². The number of fused-ring (bicyclic) bond motifs is 5. The lowest BCUT2D eigenvalue weighted by molar-refractivity contribution is -0.398. The summed E-state index contributed by atoms with van der Waals surface area (Å²) >= 11 is 0. The van der Waals surface area contributed by atoms with Crippen molar-refractivity contribution < 1.29 is 55.1 Å². The van der Waals surface area contributed by atoms with Crippen molar-refractivity contribution in [3.63, 3.8) is 0 Å². The molecule has 258 valence electrons. The molecule has 6 aliphatic rings. The highest BCUT2D eigenvalue weighted by atomic mass is 16.8. The van der Waals surface area contributed by atoms with E-state index in [-0.39, 0.29) is 29.1 Å². The van der Waals surface area contributed by atoms with E-state index in [0.717, 1.165) is 32.1 Å². The molecule has 0 unspecified atom stereocenters. The largest absolute Gasteiger partial charge is 0.394 e. The number of hydrogen-bond donors (Lipinski definition) is 8. The van der Waals surface area contributed by atoms with Crippen LogP contribution in [0.15, 0.2) is 11.6 Å². The van der Waals surface area contributed by atoms with Crippen molar-refractivity contribution in [2.45, 2.75) is 152 Å². The predicted molar refractivity (Wildman–Crippen MR) is 161 cm³/mol. The summed E-state index contributed by atoms with van der Waals surface area (Å²) in [6.07, 6.45) is -1.96. The summed E-state index contributed by atoms with van der Waals surface area (Å²) in [5, 5.41) is 85.4. The fourth-order valence-corrected chi connectivity index (χ4v) is 10.8. The summed E-state index contributed by atoms with van der Waals surface area (Å²) in [6.45, 7) is 9.07. The van der Waals surface area contributed by atoms with Gasteiger partial charge in [-0.3, -0.25) is 0 Å². The molecule has 3 saturated carbocycles. The molecule has 2 aliphatic heterocycles. The minimum Gasteiger partial charge on any atom is -0.394 e. The fourth-order valence-electron chi connectivity index (χ4n) is 10.8. The zero-order valence-corrected chi connectivity index (χ0v) is 27.3. The average Bonchev–Trinajstić information content (AvgIpc) is 3.33. The van der Waals surface area contributed by atoms with Gasteiger partial charge in [0.05, 0.1) is 30.5 Å². The Morgan fingerprint density at radius 3 is 2.33 bits per heavy atom. The molecule has 0 aromatic carbocycles. The lowest BCUT2D eigenvalue weighted by Gasteiger charge is -2.60. The van der Waals surface area contributed by atoms with Crippen molar-refractivity contribution in [1.29, 1.82) is 0 Å². The van der Waals surface area contributed by atoms with Crippen LogP contribution in [0.25, 0.3) is 0 Å². The van der Waals surface area contributed by atoms with Gasteiger partial charge in [-0.25, -0.2) is 0 Å². The van der Waals surface area contributed by atoms with Crippen molar-refractivity contribution >= 4 is 0 Å². The van der Waals surface area contributed by atoms with Crippen molar-refractivity contribution in [2.75, 3.05) is 6.61 Å². The van der Waals surface area contributed by atoms with E-state index < -0.39 is 73.1 Å². The second kappa shape index (κ2) is 11.7. The monoisotopic (exact) mass is 640 g/mol. The molecule has 4 aliphatic carbocycles. The summed E-state index contributed by atoms with van der Waals surface area (Å²) in [5.41, 5.74) is -2.60. The van der Waals surface area contributed by atoms with E-state index in [0.29, 0.717) is 30.6 Å². The van der Waals surface area contributed by atoms with E-state index in [1.54, 1.807) is 6.92 Å². The molecule has 11 heteroatoms. The molecule has 0 radical (unpaired) electrons. The first-order valence-electron chi connectivity index (χ1n) is 17.1. The van der Waals surface area contributed by atoms with Gasteiger partial charge < -0.3 is 55.1 Å². The lowest BCUT2D eigenvalue weighted by atomic mass is 9.46. The molecule has 0 bridgehead atoms. The molecule has 2 heterocycles. The SMILES string of the molecule is C[C@@H]([C@H]1CC[C@H]2[C@@H]3CC=C4C[C@@H](O)C[C@H](O)[C@]4(C)[C@H]3CC[C@@]12C)[C@H]1C[C@@](C)(O)[C@](C)(O)[C@H](O[C@@H]2O[C@H](CO)[C@@H](O)[C@H](O)[C@H]2O)O1. The molecule has 0 aromatic rings. The molecule has 0 aromatic heterocycles. The van der Waals surface area contributed by atoms with E-state index in [1.165, 1.54) is 12.5 Å². The van der Waals surface area contributed by atoms with Crippen LogP contribution in [0.5, 0.6) is 0 Å². The summed E-state index contributed by atoms with van der Waals surface area (Å²) in [7, 11) is 0. The molecular weight excluding hydrogens is 584 g/mol. The van der Waals surface area contributed by atoms with Gasteiger partial charge in [0.1, 0.15) is 30.0 Å². The van der Waals surface area contributed by atoms with Crippen LogP contribution in [0.3, 0.4) is 0 Å². The van der Waals surface area contributed by atoms with Gasteiger partial charge in [0.15, 0.2) is 12.6 Å². The van der Waals surface area contributed by atoms with E-state index in [4.69, 9.17) is 14.2 Å². The highest BCUT2D eigenvalue weighted by Crippen LogP contribution is 2.67. The maximum atomic E-state index is 11.6. The van der Waals surface area contributed by atoms with Crippen LogP contribution >= 0.6 is 0 Å². The summed E-state index contributed by atoms with van der Waals surface area (Å²) in [6, 6.07) is 0. The van der Waals surface area contributed by atoms with Gasteiger partial charge >= 0.3 is 0 Å². The number of aliphatic hydroxyl groups excluding tert-OH is 6. The number of aliphatic hydroxyl groups is 8. The molecule has 6 rings (SSSR count). The maximum Gasteiger partial charge on any atom is 0.192 e. The smallest absolute Gasteiger partial charge is 0.192 e. The van der Waals surface area contributed by atoms with Gasteiger partial charge in [-0.1, -0.05) is 32.4 Å². The molecule has 5 fully saturated rings. The van der Waals surface area contributed by atoms with Crippen LogP contribution in [-0.4, -0.2) is 114 Å². The highest BCUT2D eigenvalue weighted by molar-refractivity contribution is 5.27. The zero-order valence-electron chi connectivity index (χ0n) is 27.3. The maximum absolute atomic E-state index is 11.6. The van der Waals surface area contributed by atoms with Crippen molar-refractivity contribution in [3.8, 4) is 0 Å². The second-order valence-electron chi connectivity index (χ2n) is 16.3. The molecule has 2 saturated heterocycles. The average molecular weight is 641 g/mol. The minimum atomic E-state index is -1.90. The molecule has 8 N–H and O–H groups in total. The zero-order chi connectivity index (χ0) is 32.9. The molecule has 0 amide bonds. The quantitative estimate of drug-likeness (QED) is 0.200. The Morgan fingerprint density at radius 2 is 1.64 bits per heavy atom. The van der Waals surface area contributed by atoms with Crippen LogP contribution in [-0.2, 0) is 14.2 Å². The van der Waals surface area contributed by atoms with Gasteiger partial charge in [0.25, 0.3) is 0 Å². The molecule has 45 heavy (non-hydrogen) atoms. The Kier molecular flexibility index (Phi) is 8.90. The van der Waals surface area contributed by atoms with Crippen LogP contribution < -0.4 is 0 Å². The minimum absolute atomic E-state index is 0.0132. The van der Waals surface area contributed by atoms with E-state index >= 15 is 0 Å². The van der Waals surface area contributed by atoms with E-state index in [1.807, 2.05) is 0 Å². The number of ether oxygens (including phenoxy) is 3. The number of allylic oxidation sites excluding steroid dienone is 1. The highest BCUT2D eigenvalue weighted by Gasteiger charge is 2.63. The van der Waals surface area contributed by atoms with Gasteiger partial charge in [-0.05, 0) is 87.4 Å². The Bertz CT molecular complexity index is 1130. The summed E-state index contributed by atoms with van der Waals surface area (Å²) in [5.74, 6) is 1.53. The second-order valence-corrected chi connectivity index (χ2v) is 16.3. The van der Waals surface area contributed by atoms with E-state index in [9.17, 15) is 40.9 Å². The fraction of sp³-hybridized carbons (Fsp3) is 0.941. The molecule has 18 atom stereocenters. The van der Waals surface area contributed by atoms with E-state index in [2.05, 4.69) is 26.8 Å². The molecule has 0 spiro atoms. The third kappa shape index (κ3) is 5.19. The van der Waals surface area contributed by atoms with Crippen LogP contribution in [0.4, 0.5) is 0 Å². The Hall–Kier alpha value is -0.700. The molecule has 11 nitrogen and oxygen atoms in total. The first-order chi connectivity index (χ1) is 21.0. The van der Waals surface area contributed by atoms with Gasteiger partial charge in [-0.2, -0.15) is 0 Å². The normalized spacial score (nSPS) is 57.4.